The number of carbonyl (C=O) groups is 1. The van der Waals surface area contributed by atoms with Crippen molar-refractivity contribution in [2.45, 2.75) is 6.04 Å². The van der Waals surface area contributed by atoms with Crippen LogP contribution < -0.4 is 0 Å². The fourth-order valence-electron chi connectivity index (χ4n) is 1.03. The van der Waals surface area contributed by atoms with Gasteiger partial charge in [0.05, 0.1) is 19.8 Å². The Kier molecular flexibility index (Phi) is 3.19. The first-order chi connectivity index (χ1) is 5.69. The molecule has 0 saturated carbocycles. The molecule has 12 heavy (non-hydrogen) atoms. The number of methoxy groups -OCH3 is 1. The number of aliphatic hydroxyl groups excluding tert-OH is 1. The summed E-state index contributed by atoms with van der Waals surface area (Å²) in [7, 11) is 3.19. The first-order valence-electron chi connectivity index (χ1n) is 3.56. The Morgan fingerprint density at radius 2 is 2.50 bits per heavy atom. The molecule has 0 aromatic rings. The van der Waals surface area contributed by atoms with Crippen molar-refractivity contribution in [1.29, 1.82) is 0 Å². The van der Waals surface area contributed by atoms with E-state index < -0.39 is 6.09 Å². The maximum atomic E-state index is 11.1. The molecule has 1 fully saturated rings. The van der Waals surface area contributed by atoms with E-state index in [4.69, 9.17) is 5.11 Å². The summed E-state index contributed by atoms with van der Waals surface area (Å²) < 4.78 is 7.85. The van der Waals surface area contributed by atoms with Crippen LogP contribution in [-0.2, 0) is 4.74 Å². The Morgan fingerprint density at radius 1 is 1.83 bits per heavy atom. The summed E-state index contributed by atoms with van der Waals surface area (Å²) in [5.41, 5.74) is 0. The van der Waals surface area contributed by atoms with Crippen LogP contribution in [0, 0.1) is 0 Å². The molecule has 0 unspecified atom stereocenters. The van der Waals surface area contributed by atoms with Gasteiger partial charge in [0.25, 0.3) is 0 Å². The van der Waals surface area contributed by atoms with Gasteiger partial charge in [0, 0.05) is 18.7 Å². The summed E-state index contributed by atoms with van der Waals surface area (Å²) in [5, 5.41) is 8.91. The summed E-state index contributed by atoms with van der Waals surface area (Å²) in [6.07, 6.45) is -0.414. The minimum Gasteiger partial charge on any atom is -0.452 e. The highest BCUT2D eigenvalue weighted by atomic mass is 32.2. The molecular weight excluding hydrogens is 180 g/mol. The Hall–Kier alpha value is -0.460. The summed E-state index contributed by atoms with van der Waals surface area (Å²) in [6, 6.07) is -0.160. The second-order valence-electron chi connectivity index (χ2n) is 2.52. The first-order valence-corrected chi connectivity index (χ1v) is 4.29. The quantitative estimate of drug-likeness (QED) is 0.589. The molecule has 0 spiro atoms. The van der Waals surface area contributed by atoms with Crippen LogP contribution in [0.4, 0.5) is 4.79 Å². The minimum absolute atomic E-state index is 0.0353. The lowest BCUT2D eigenvalue weighted by Crippen LogP contribution is -2.35. The van der Waals surface area contributed by atoms with Crippen molar-refractivity contribution in [2.24, 2.45) is 0 Å². The molecule has 1 rings (SSSR count). The van der Waals surface area contributed by atoms with Gasteiger partial charge in [0.15, 0.2) is 0 Å². The van der Waals surface area contributed by atoms with Gasteiger partial charge in [-0.3, -0.25) is 0 Å². The van der Waals surface area contributed by atoms with Gasteiger partial charge in [-0.15, -0.1) is 0 Å². The topological polar surface area (TPSA) is 53.0 Å². The van der Waals surface area contributed by atoms with Gasteiger partial charge in [0.2, 0.25) is 0 Å². The predicted molar refractivity (Wildman–Crippen MR) is 45.3 cm³/mol. The number of likely N-dealkylation sites (N-methyl/N-ethyl adjacent to an activating group) is 1. The van der Waals surface area contributed by atoms with E-state index >= 15 is 0 Å². The SMILES string of the molecule is COC(=O)N1SN(C)C[C@H]1CO. The zero-order chi connectivity index (χ0) is 9.14. The molecule has 0 bridgehead atoms. The van der Waals surface area contributed by atoms with Gasteiger partial charge in [-0.1, -0.05) is 0 Å². The van der Waals surface area contributed by atoms with Gasteiger partial charge in [-0.05, 0) is 7.05 Å². The number of rotatable bonds is 1. The normalized spacial score (nSPS) is 24.6. The smallest absolute Gasteiger partial charge is 0.420 e. The molecule has 0 aromatic heterocycles. The second-order valence-corrected chi connectivity index (χ2v) is 3.70. The molecule has 1 amide bonds. The summed E-state index contributed by atoms with van der Waals surface area (Å²) in [4.78, 5) is 11.1. The number of amides is 1. The van der Waals surface area contributed by atoms with Gasteiger partial charge < -0.3 is 9.84 Å². The highest BCUT2D eigenvalue weighted by molar-refractivity contribution is 7.95. The summed E-state index contributed by atoms with van der Waals surface area (Å²) in [5.74, 6) is 0. The number of aliphatic hydroxyl groups is 1. The van der Waals surface area contributed by atoms with E-state index in [1.807, 2.05) is 11.4 Å². The van der Waals surface area contributed by atoms with Gasteiger partial charge in [0.1, 0.15) is 0 Å². The lowest BCUT2D eigenvalue weighted by Gasteiger charge is -2.17. The molecule has 1 aliphatic rings. The Balaban J connectivity index is 2.57. The van der Waals surface area contributed by atoms with Crippen LogP contribution in [0.15, 0.2) is 0 Å². The zero-order valence-corrected chi connectivity index (χ0v) is 7.87. The maximum absolute atomic E-state index is 11.1. The van der Waals surface area contributed by atoms with E-state index in [0.717, 1.165) is 0 Å². The molecule has 1 heterocycles. The molecule has 0 aliphatic carbocycles. The number of hydrogen-bond acceptors (Lipinski definition) is 5. The maximum Gasteiger partial charge on any atom is 0.420 e. The molecule has 1 N–H and O–H groups in total. The predicted octanol–water partition coefficient (Wildman–Crippen LogP) is -0.0757. The van der Waals surface area contributed by atoms with E-state index in [1.54, 1.807) is 0 Å². The number of nitrogens with zero attached hydrogens (tertiary/aromatic N) is 2. The average molecular weight is 192 g/mol. The van der Waals surface area contributed by atoms with Crippen molar-refractivity contribution in [2.75, 3.05) is 27.3 Å². The number of ether oxygens (including phenoxy) is 1. The van der Waals surface area contributed by atoms with Crippen molar-refractivity contribution in [1.82, 2.24) is 8.61 Å². The molecule has 6 heteroatoms. The van der Waals surface area contributed by atoms with Crippen LogP contribution in [0.5, 0.6) is 0 Å². The largest absolute Gasteiger partial charge is 0.452 e. The van der Waals surface area contributed by atoms with Crippen molar-refractivity contribution in [3.8, 4) is 0 Å². The van der Waals surface area contributed by atoms with Crippen molar-refractivity contribution >= 4 is 18.2 Å². The average Bonchev–Trinajstić information content (AvgIpc) is 2.45. The third-order valence-electron chi connectivity index (χ3n) is 1.59. The van der Waals surface area contributed by atoms with E-state index in [1.165, 1.54) is 23.5 Å². The number of carbonyl (C=O) groups excluding carboxylic acids is 1. The Morgan fingerprint density at radius 3 is 3.00 bits per heavy atom. The molecule has 1 atom stereocenters. The van der Waals surface area contributed by atoms with E-state index in [0.29, 0.717) is 6.54 Å². The van der Waals surface area contributed by atoms with Crippen molar-refractivity contribution in [3.05, 3.63) is 0 Å². The van der Waals surface area contributed by atoms with E-state index in [-0.39, 0.29) is 12.6 Å². The third kappa shape index (κ3) is 1.82. The van der Waals surface area contributed by atoms with Crippen LogP contribution in [-0.4, -0.2) is 53.2 Å². The molecular formula is C6H12N2O3S. The molecule has 70 valence electrons. The lowest BCUT2D eigenvalue weighted by molar-refractivity contribution is 0.130. The van der Waals surface area contributed by atoms with Crippen LogP contribution in [0.25, 0.3) is 0 Å². The minimum atomic E-state index is -0.414. The first kappa shape index (κ1) is 9.63. The van der Waals surface area contributed by atoms with Crippen LogP contribution in [0.3, 0.4) is 0 Å². The van der Waals surface area contributed by atoms with E-state index in [9.17, 15) is 4.79 Å². The Bertz CT molecular complexity index is 178. The van der Waals surface area contributed by atoms with Crippen LogP contribution >= 0.6 is 12.1 Å². The summed E-state index contributed by atoms with van der Waals surface area (Å²) in [6.45, 7) is 0.628. The van der Waals surface area contributed by atoms with Gasteiger partial charge >= 0.3 is 6.09 Å². The fourth-order valence-corrected chi connectivity index (χ4v) is 1.97. The highest BCUT2D eigenvalue weighted by Crippen LogP contribution is 2.26. The standard InChI is InChI=1S/C6H12N2O3S/c1-7-3-5(4-9)8(12-7)6(10)11-2/h5,9H,3-4H2,1-2H3/t5-/m0/s1. The lowest BCUT2D eigenvalue weighted by atomic mass is 10.3. The van der Waals surface area contributed by atoms with Gasteiger partial charge in [-0.2, -0.15) is 0 Å². The highest BCUT2D eigenvalue weighted by Gasteiger charge is 2.33. The van der Waals surface area contributed by atoms with Crippen molar-refractivity contribution < 1.29 is 14.6 Å². The van der Waals surface area contributed by atoms with Crippen molar-refractivity contribution in [3.63, 3.8) is 0 Å². The second kappa shape index (κ2) is 3.97. The molecule has 0 radical (unpaired) electrons. The monoisotopic (exact) mass is 192 g/mol. The van der Waals surface area contributed by atoms with Crippen LogP contribution in [0.1, 0.15) is 0 Å². The molecule has 1 saturated heterocycles. The summed E-state index contributed by atoms with van der Waals surface area (Å²) >= 11 is 1.26. The third-order valence-corrected chi connectivity index (χ3v) is 2.64. The van der Waals surface area contributed by atoms with Gasteiger partial charge in [-0.25, -0.2) is 13.4 Å². The Labute approximate surface area is 75.5 Å². The molecule has 5 nitrogen and oxygen atoms in total. The fraction of sp³-hybridized carbons (Fsp3) is 0.833. The molecule has 1 aliphatic heterocycles. The molecule has 0 aromatic carbocycles. The zero-order valence-electron chi connectivity index (χ0n) is 7.06. The van der Waals surface area contributed by atoms with Crippen LogP contribution in [0.2, 0.25) is 0 Å². The van der Waals surface area contributed by atoms with E-state index in [2.05, 4.69) is 4.74 Å². The number of hydrogen-bond donors (Lipinski definition) is 1.